The Balaban J connectivity index is 2.29. The molecule has 3 N–H and O–H groups in total. The molecule has 0 aliphatic rings. The van der Waals surface area contributed by atoms with Crippen LogP contribution in [0.3, 0.4) is 0 Å². The molecule has 0 bridgehead atoms. The highest BCUT2D eigenvalue weighted by Crippen LogP contribution is 2.23. The van der Waals surface area contributed by atoms with Crippen LogP contribution in [0.15, 0.2) is 30.5 Å². The fourth-order valence-corrected chi connectivity index (χ4v) is 1.85. The maximum atomic E-state index is 6.18. The molecular weight excluding hydrogens is 222 g/mol. The molecule has 2 rings (SSSR count). The van der Waals surface area contributed by atoms with Crippen molar-refractivity contribution in [3.05, 3.63) is 41.9 Å². The number of nitrogens with zero attached hydrogens (tertiary/aromatic N) is 1. The zero-order valence-corrected chi connectivity index (χ0v) is 11.3. The van der Waals surface area contributed by atoms with E-state index in [1.807, 2.05) is 13.1 Å². The van der Waals surface area contributed by atoms with Gasteiger partial charge in [-0.1, -0.05) is 38.1 Å². The van der Waals surface area contributed by atoms with Gasteiger partial charge in [0.15, 0.2) is 0 Å². The van der Waals surface area contributed by atoms with Crippen LogP contribution in [0, 0.1) is 0 Å². The van der Waals surface area contributed by atoms with E-state index in [0.717, 1.165) is 29.9 Å². The summed E-state index contributed by atoms with van der Waals surface area (Å²) in [5, 5.41) is 0. The molecule has 2 aromatic rings. The van der Waals surface area contributed by atoms with Crippen LogP contribution in [-0.4, -0.2) is 9.97 Å². The molecule has 1 aromatic carbocycles. The Morgan fingerprint density at radius 2 is 1.89 bits per heavy atom. The molecule has 1 heterocycles. The Morgan fingerprint density at radius 3 is 2.44 bits per heavy atom. The van der Waals surface area contributed by atoms with Gasteiger partial charge in [-0.15, -0.1) is 0 Å². The first-order chi connectivity index (χ1) is 8.56. The Morgan fingerprint density at radius 1 is 1.22 bits per heavy atom. The third kappa shape index (κ3) is 2.46. The first kappa shape index (κ1) is 12.8. The summed E-state index contributed by atoms with van der Waals surface area (Å²) in [6.45, 7) is 6.22. The van der Waals surface area contributed by atoms with Crippen molar-refractivity contribution >= 4 is 0 Å². The summed E-state index contributed by atoms with van der Waals surface area (Å²) in [5.74, 6) is 0.847. The van der Waals surface area contributed by atoms with Gasteiger partial charge in [0, 0.05) is 0 Å². The van der Waals surface area contributed by atoms with Crippen LogP contribution in [0.4, 0.5) is 0 Å². The van der Waals surface area contributed by atoms with E-state index in [9.17, 15) is 0 Å². The van der Waals surface area contributed by atoms with Gasteiger partial charge in [0.2, 0.25) is 0 Å². The zero-order valence-electron chi connectivity index (χ0n) is 11.3. The molecule has 0 spiro atoms. The molecule has 1 atom stereocenters. The molecule has 0 saturated heterocycles. The Kier molecular flexibility index (Phi) is 3.53. The molecule has 0 amide bonds. The molecule has 1 unspecified atom stereocenters. The van der Waals surface area contributed by atoms with Crippen LogP contribution in [0.2, 0.25) is 0 Å². The van der Waals surface area contributed by atoms with Gasteiger partial charge in [0.05, 0.1) is 17.4 Å². The number of hydrogen-bond donors (Lipinski definition) is 2. The lowest BCUT2D eigenvalue weighted by Crippen LogP contribution is -2.33. The molecule has 3 nitrogen and oxygen atoms in total. The molecule has 0 saturated carbocycles. The molecular formula is C15H21N3. The highest BCUT2D eigenvalue weighted by atomic mass is 15.0. The third-order valence-electron chi connectivity index (χ3n) is 3.52. The van der Waals surface area contributed by atoms with Crippen molar-refractivity contribution in [1.82, 2.24) is 9.97 Å². The second kappa shape index (κ2) is 4.94. The van der Waals surface area contributed by atoms with Gasteiger partial charge in [0.25, 0.3) is 0 Å². The van der Waals surface area contributed by atoms with Crippen molar-refractivity contribution in [2.24, 2.45) is 5.73 Å². The second-order valence-corrected chi connectivity index (χ2v) is 4.97. The number of aromatic nitrogens is 2. The molecule has 18 heavy (non-hydrogen) atoms. The summed E-state index contributed by atoms with van der Waals surface area (Å²) in [4.78, 5) is 7.72. The van der Waals surface area contributed by atoms with Crippen molar-refractivity contribution in [3.63, 3.8) is 0 Å². The van der Waals surface area contributed by atoms with Crippen LogP contribution >= 0.6 is 0 Å². The Bertz CT molecular complexity index is 509. The maximum Gasteiger partial charge on any atom is 0.126 e. The average Bonchev–Trinajstić information content (AvgIpc) is 2.89. The first-order valence-corrected chi connectivity index (χ1v) is 6.50. The first-order valence-electron chi connectivity index (χ1n) is 6.50. The van der Waals surface area contributed by atoms with Gasteiger partial charge in [0.1, 0.15) is 5.82 Å². The van der Waals surface area contributed by atoms with E-state index in [1.165, 1.54) is 5.56 Å². The van der Waals surface area contributed by atoms with E-state index >= 15 is 0 Å². The van der Waals surface area contributed by atoms with Gasteiger partial charge in [-0.25, -0.2) is 4.98 Å². The molecule has 0 radical (unpaired) electrons. The van der Waals surface area contributed by atoms with Crippen molar-refractivity contribution in [2.45, 2.75) is 39.2 Å². The molecule has 0 aliphatic heterocycles. The number of nitrogens with one attached hydrogen (secondary N) is 1. The molecule has 0 fully saturated rings. The van der Waals surface area contributed by atoms with Gasteiger partial charge in [-0.2, -0.15) is 0 Å². The van der Waals surface area contributed by atoms with Gasteiger partial charge >= 0.3 is 0 Å². The molecule has 1 aromatic heterocycles. The Labute approximate surface area is 108 Å². The number of rotatable bonds is 4. The monoisotopic (exact) mass is 243 g/mol. The van der Waals surface area contributed by atoms with Crippen LogP contribution in [0.25, 0.3) is 11.3 Å². The number of hydrogen-bond acceptors (Lipinski definition) is 2. The van der Waals surface area contributed by atoms with E-state index in [2.05, 4.69) is 48.1 Å². The quantitative estimate of drug-likeness (QED) is 0.866. The number of imidazole rings is 1. The summed E-state index contributed by atoms with van der Waals surface area (Å²) in [7, 11) is 0. The van der Waals surface area contributed by atoms with E-state index in [1.54, 1.807) is 0 Å². The largest absolute Gasteiger partial charge is 0.340 e. The van der Waals surface area contributed by atoms with Gasteiger partial charge < -0.3 is 10.7 Å². The summed E-state index contributed by atoms with van der Waals surface area (Å²) in [5.41, 5.74) is 9.31. The van der Waals surface area contributed by atoms with Gasteiger partial charge in [-0.3, -0.25) is 0 Å². The fraction of sp³-hybridized carbons (Fsp3) is 0.400. The van der Waals surface area contributed by atoms with Crippen molar-refractivity contribution in [2.75, 3.05) is 0 Å². The topological polar surface area (TPSA) is 54.7 Å². The average molecular weight is 243 g/mol. The van der Waals surface area contributed by atoms with Crippen LogP contribution < -0.4 is 5.73 Å². The zero-order chi connectivity index (χ0) is 13.2. The number of aromatic amines is 1. The van der Waals surface area contributed by atoms with Crippen LogP contribution in [0.5, 0.6) is 0 Å². The number of aryl methyl sites for hydroxylation is 1. The van der Waals surface area contributed by atoms with Crippen LogP contribution in [-0.2, 0) is 12.0 Å². The van der Waals surface area contributed by atoms with E-state index < -0.39 is 0 Å². The van der Waals surface area contributed by atoms with E-state index in [0.29, 0.717) is 0 Å². The minimum Gasteiger partial charge on any atom is -0.340 e. The summed E-state index contributed by atoms with van der Waals surface area (Å²) < 4.78 is 0. The molecule has 3 heteroatoms. The minimum atomic E-state index is -0.387. The lowest BCUT2D eigenvalue weighted by atomic mass is 10.00. The predicted octanol–water partition coefficient (Wildman–Crippen LogP) is 3.22. The SMILES string of the molecule is CCc1ccc(-c2cnc(C(C)(N)CC)[nH]2)cc1. The third-order valence-corrected chi connectivity index (χ3v) is 3.52. The van der Waals surface area contributed by atoms with Crippen molar-refractivity contribution in [1.29, 1.82) is 0 Å². The lowest BCUT2D eigenvalue weighted by Gasteiger charge is -2.19. The fourth-order valence-electron chi connectivity index (χ4n) is 1.85. The smallest absolute Gasteiger partial charge is 0.126 e. The maximum absolute atomic E-state index is 6.18. The summed E-state index contributed by atoms with van der Waals surface area (Å²) in [6, 6.07) is 8.54. The Hall–Kier alpha value is -1.61. The summed E-state index contributed by atoms with van der Waals surface area (Å²) >= 11 is 0. The highest BCUT2D eigenvalue weighted by molar-refractivity contribution is 5.59. The molecule has 96 valence electrons. The van der Waals surface area contributed by atoms with Gasteiger partial charge in [-0.05, 0) is 30.9 Å². The van der Waals surface area contributed by atoms with Crippen molar-refractivity contribution < 1.29 is 0 Å². The number of nitrogens with two attached hydrogens (primary N) is 1. The van der Waals surface area contributed by atoms with E-state index in [4.69, 9.17) is 5.73 Å². The number of benzene rings is 1. The minimum absolute atomic E-state index is 0.387. The molecule has 0 aliphatic carbocycles. The lowest BCUT2D eigenvalue weighted by molar-refractivity contribution is 0.450. The second-order valence-electron chi connectivity index (χ2n) is 4.97. The van der Waals surface area contributed by atoms with E-state index in [-0.39, 0.29) is 5.54 Å². The van der Waals surface area contributed by atoms with Crippen molar-refractivity contribution in [3.8, 4) is 11.3 Å². The highest BCUT2D eigenvalue weighted by Gasteiger charge is 2.22. The standard InChI is InChI=1S/C15H21N3/c1-4-11-6-8-12(9-7-11)13-10-17-14(18-13)15(3,16)5-2/h6-10H,4-5,16H2,1-3H3,(H,17,18). The van der Waals surface area contributed by atoms with Crippen LogP contribution in [0.1, 0.15) is 38.6 Å². The normalized spacial score (nSPS) is 14.4. The predicted molar refractivity (Wildman–Crippen MR) is 75.2 cm³/mol. The number of H-pyrrole nitrogens is 1. The summed E-state index contributed by atoms with van der Waals surface area (Å²) in [6.07, 6.45) is 3.77.